The van der Waals surface area contributed by atoms with Crippen LogP contribution < -0.4 is 25.0 Å². The molecule has 2 N–H and O–H groups in total. The Morgan fingerprint density at radius 3 is 2.12 bits per heavy atom. The number of methoxy groups -OCH3 is 3. The van der Waals surface area contributed by atoms with Crippen molar-refractivity contribution in [2.75, 3.05) is 26.6 Å². The van der Waals surface area contributed by atoms with Gasteiger partial charge in [0.25, 0.3) is 11.8 Å². The van der Waals surface area contributed by atoms with Gasteiger partial charge in [0.1, 0.15) is 5.82 Å². The minimum absolute atomic E-state index is 0.286. The van der Waals surface area contributed by atoms with Gasteiger partial charge >= 0.3 is 0 Å². The molecule has 3 aromatic rings. The summed E-state index contributed by atoms with van der Waals surface area (Å²) in [6.07, 6.45) is 1.43. The maximum absolute atomic E-state index is 13.0. The summed E-state index contributed by atoms with van der Waals surface area (Å²) in [5.41, 5.74) is 4.04. The molecule has 0 aromatic heterocycles. The van der Waals surface area contributed by atoms with Gasteiger partial charge in [0.2, 0.25) is 5.75 Å². The van der Waals surface area contributed by atoms with Gasteiger partial charge in [-0.25, -0.2) is 9.82 Å². The summed E-state index contributed by atoms with van der Waals surface area (Å²) in [6.45, 7) is 0. The van der Waals surface area contributed by atoms with Crippen LogP contribution in [0.1, 0.15) is 26.3 Å². The van der Waals surface area contributed by atoms with Gasteiger partial charge in [0, 0.05) is 22.4 Å². The molecule has 0 bridgehead atoms. The number of hydrogen-bond donors (Lipinski definition) is 2. The molecule has 0 saturated heterocycles. The number of carbonyl (C=O) groups excluding carboxylic acids is 2. The Morgan fingerprint density at radius 1 is 0.848 bits per heavy atom. The fourth-order valence-electron chi connectivity index (χ4n) is 2.95. The quantitative estimate of drug-likeness (QED) is 0.400. The molecule has 33 heavy (non-hydrogen) atoms. The monoisotopic (exact) mass is 451 g/mol. The van der Waals surface area contributed by atoms with Crippen LogP contribution in [0.15, 0.2) is 65.8 Å². The number of halogens is 1. The third-order valence-electron chi connectivity index (χ3n) is 4.56. The highest BCUT2D eigenvalue weighted by molar-refractivity contribution is 6.05. The lowest BCUT2D eigenvalue weighted by atomic mass is 10.1. The van der Waals surface area contributed by atoms with Gasteiger partial charge < -0.3 is 19.5 Å². The van der Waals surface area contributed by atoms with E-state index >= 15 is 0 Å². The molecular weight excluding hydrogens is 429 g/mol. The van der Waals surface area contributed by atoms with Crippen molar-refractivity contribution in [1.29, 1.82) is 0 Å². The SMILES string of the molecule is COc1cc(/C=N\NC(=O)c2cccc(NC(=O)c3ccc(F)cc3)c2)cc(OC)c1OC. The molecule has 0 fully saturated rings. The molecule has 170 valence electrons. The smallest absolute Gasteiger partial charge is 0.271 e. The van der Waals surface area contributed by atoms with Crippen molar-refractivity contribution in [2.24, 2.45) is 5.10 Å². The van der Waals surface area contributed by atoms with Crippen molar-refractivity contribution < 1.29 is 28.2 Å². The van der Waals surface area contributed by atoms with Crippen LogP contribution in [-0.2, 0) is 0 Å². The van der Waals surface area contributed by atoms with Crippen LogP contribution in [0, 0.1) is 5.82 Å². The number of hydrazone groups is 1. The Labute approximate surface area is 190 Å². The van der Waals surface area contributed by atoms with Crippen LogP contribution in [0.2, 0.25) is 0 Å². The lowest BCUT2D eigenvalue weighted by molar-refractivity contribution is 0.0953. The molecule has 0 spiro atoms. The predicted molar refractivity (Wildman–Crippen MR) is 122 cm³/mol. The molecule has 0 aliphatic carbocycles. The molecule has 0 atom stereocenters. The molecule has 0 unspecified atom stereocenters. The summed E-state index contributed by atoms with van der Waals surface area (Å²) in [5, 5.41) is 6.64. The van der Waals surface area contributed by atoms with E-state index in [0.29, 0.717) is 34.1 Å². The minimum atomic E-state index is -0.475. The van der Waals surface area contributed by atoms with Crippen LogP contribution in [0.3, 0.4) is 0 Å². The first-order chi connectivity index (χ1) is 15.9. The van der Waals surface area contributed by atoms with Gasteiger partial charge in [-0.2, -0.15) is 5.10 Å². The van der Waals surface area contributed by atoms with Gasteiger partial charge in [-0.3, -0.25) is 9.59 Å². The van der Waals surface area contributed by atoms with Gasteiger partial charge in [-0.15, -0.1) is 0 Å². The largest absolute Gasteiger partial charge is 0.493 e. The summed E-state index contributed by atoms with van der Waals surface area (Å²) < 4.78 is 28.9. The molecular formula is C24H22FN3O5. The number of nitrogens with one attached hydrogen (secondary N) is 2. The fraction of sp³-hybridized carbons (Fsp3) is 0.125. The number of hydrogen-bond acceptors (Lipinski definition) is 6. The second-order valence-electron chi connectivity index (χ2n) is 6.70. The zero-order valence-electron chi connectivity index (χ0n) is 18.2. The van der Waals surface area contributed by atoms with Crippen molar-refractivity contribution >= 4 is 23.7 Å². The lowest BCUT2D eigenvalue weighted by Crippen LogP contribution is -2.18. The van der Waals surface area contributed by atoms with Crippen LogP contribution in [0.4, 0.5) is 10.1 Å². The molecule has 0 radical (unpaired) electrons. The number of rotatable bonds is 8. The second kappa shape index (κ2) is 10.8. The Hall–Kier alpha value is -4.40. The minimum Gasteiger partial charge on any atom is -0.493 e. The van der Waals surface area contributed by atoms with Gasteiger partial charge in [-0.05, 0) is 54.6 Å². The zero-order valence-corrected chi connectivity index (χ0v) is 18.2. The number of nitrogens with zero attached hydrogens (tertiary/aromatic N) is 1. The highest BCUT2D eigenvalue weighted by Crippen LogP contribution is 2.37. The topological polar surface area (TPSA) is 98.2 Å². The third kappa shape index (κ3) is 5.85. The first kappa shape index (κ1) is 23.3. The van der Waals surface area contributed by atoms with Gasteiger partial charge in [0.05, 0.1) is 27.5 Å². The zero-order chi connectivity index (χ0) is 23.8. The number of amides is 2. The molecule has 8 nitrogen and oxygen atoms in total. The van der Waals surface area contributed by atoms with E-state index in [2.05, 4.69) is 15.8 Å². The maximum atomic E-state index is 13.0. The van der Waals surface area contributed by atoms with E-state index in [-0.39, 0.29) is 5.56 Å². The number of anilines is 1. The Bertz CT molecular complexity index is 1150. The molecule has 9 heteroatoms. The van der Waals surface area contributed by atoms with Crippen molar-refractivity contribution in [3.8, 4) is 17.2 Å². The van der Waals surface area contributed by atoms with E-state index in [1.807, 2.05) is 0 Å². The van der Waals surface area contributed by atoms with Crippen molar-refractivity contribution in [3.05, 3.63) is 83.2 Å². The average molecular weight is 451 g/mol. The first-order valence-electron chi connectivity index (χ1n) is 9.75. The Kier molecular flexibility index (Phi) is 7.59. The van der Waals surface area contributed by atoms with Crippen LogP contribution >= 0.6 is 0 Å². The van der Waals surface area contributed by atoms with E-state index in [1.165, 1.54) is 57.9 Å². The summed E-state index contributed by atoms with van der Waals surface area (Å²) in [4.78, 5) is 24.8. The highest BCUT2D eigenvalue weighted by atomic mass is 19.1. The second-order valence-corrected chi connectivity index (χ2v) is 6.70. The Morgan fingerprint density at radius 2 is 1.52 bits per heavy atom. The normalized spacial score (nSPS) is 10.5. The number of benzene rings is 3. The molecule has 0 aliphatic heterocycles. The van der Waals surface area contributed by atoms with E-state index in [0.717, 1.165) is 0 Å². The number of ether oxygens (including phenoxy) is 3. The third-order valence-corrected chi connectivity index (χ3v) is 4.56. The van der Waals surface area contributed by atoms with Crippen LogP contribution in [0.5, 0.6) is 17.2 Å². The summed E-state index contributed by atoms with van der Waals surface area (Å²) in [6, 6.07) is 14.9. The molecule has 0 saturated carbocycles. The maximum Gasteiger partial charge on any atom is 0.271 e. The molecule has 3 aromatic carbocycles. The summed E-state index contributed by atoms with van der Waals surface area (Å²) in [7, 11) is 4.51. The van der Waals surface area contributed by atoms with Crippen molar-refractivity contribution in [2.45, 2.75) is 0 Å². The van der Waals surface area contributed by atoms with E-state index < -0.39 is 17.6 Å². The molecule has 2 amide bonds. The fourth-order valence-corrected chi connectivity index (χ4v) is 2.95. The molecule has 0 heterocycles. The molecule has 0 aliphatic rings. The lowest BCUT2D eigenvalue weighted by Gasteiger charge is -2.12. The standard InChI is InChI=1S/C24H22FN3O5/c1-31-20-11-15(12-21(32-2)22(20)33-3)14-26-28-24(30)17-5-4-6-19(13-17)27-23(29)16-7-9-18(25)10-8-16/h4-14H,1-3H3,(H,27,29)(H,28,30)/b26-14-. The highest BCUT2D eigenvalue weighted by Gasteiger charge is 2.13. The average Bonchev–Trinajstić information content (AvgIpc) is 2.83. The van der Waals surface area contributed by atoms with Gasteiger partial charge in [-0.1, -0.05) is 6.07 Å². The van der Waals surface area contributed by atoms with Crippen LogP contribution in [-0.4, -0.2) is 39.4 Å². The first-order valence-corrected chi connectivity index (χ1v) is 9.75. The van der Waals surface area contributed by atoms with E-state index in [4.69, 9.17) is 14.2 Å². The van der Waals surface area contributed by atoms with Crippen molar-refractivity contribution in [3.63, 3.8) is 0 Å². The van der Waals surface area contributed by atoms with E-state index in [9.17, 15) is 14.0 Å². The summed E-state index contributed by atoms with van der Waals surface area (Å²) in [5.74, 6) is 0.0194. The molecule has 3 rings (SSSR count). The predicted octanol–water partition coefficient (Wildman–Crippen LogP) is 3.87. The van der Waals surface area contributed by atoms with Gasteiger partial charge in [0.15, 0.2) is 11.5 Å². The van der Waals surface area contributed by atoms with Crippen LogP contribution in [0.25, 0.3) is 0 Å². The number of carbonyl (C=O) groups is 2. The van der Waals surface area contributed by atoms with E-state index in [1.54, 1.807) is 30.3 Å². The summed E-state index contributed by atoms with van der Waals surface area (Å²) >= 11 is 0. The van der Waals surface area contributed by atoms with Crippen molar-refractivity contribution in [1.82, 2.24) is 5.43 Å². The Balaban J connectivity index is 1.68.